The fraction of sp³-hybridized carbons (Fsp3) is 0.455. The van der Waals surface area contributed by atoms with Crippen molar-refractivity contribution in [2.24, 2.45) is 0 Å². The molecular weight excluding hydrogens is 286 g/mol. The predicted octanol–water partition coefficient (Wildman–Crippen LogP) is -0.315. The van der Waals surface area contributed by atoms with E-state index in [2.05, 4.69) is 10.2 Å². The molecule has 0 aliphatic rings. The van der Waals surface area contributed by atoms with Gasteiger partial charge in [-0.25, -0.2) is 8.42 Å². The van der Waals surface area contributed by atoms with E-state index in [-0.39, 0.29) is 5.16 Å². The van der Waals surface area contributed by atoms with Crippen LogP contribution in [-0.2, 0) is 16.4 Å². The maximum atomic E-state index is 12.1. The fourth-order valence-corrected chi connectivity index (χ4v) is 3.25. The van der Waals surface area contributed by atoms with Crippen molar-refractivity contribution in [3.63, 3.8) is 0 Å². The Bertz CT molecular complexity index is 662. The van der Waals surface area contributed by atoms with Gasteiger partial charge in [0.2, 0.25) is 20.8 Å². The van der Waals surface area contributed by atoms with Gasteiger partial charge in [0, 0.05) is 6.54 Å². The van der Waals surface area contributed by atoms with Crippen LogP contribution in [0.1, 0.15) is 6.92 Å². The monoisotopic (exact) mass is 301 g/mol. The molecular formula is C11H15N3O5S. The zero-order valence-electron chi connectivity index (χ0n) is 10.8. The second-order valence-corrected chi connectivity index (χ2v) is 6.07. The molecule has 20 heavy (non-hydrogen) atoms. The van der Waals surface area contributed by atoms with Gasteiger partial charge in [-0.05, 0) is 19.1 Å². The lowest BCUT2D eigenvalue weighted by Gasteiger charge is -2.09. The van der Waals surface area contributed by atoms with Gasteiger partial charge in [-0.3, -0.25) is 4.57 Å². The number of sulfone groups is 1. The first-order valence-corrected chi connectivity index (χ1v) is 7.63. The minimum Gasteiger partial charge on any atom is -0.461 e. The molecule has 0 fully saturated rings. The summed E-state index contributed by atoms with van der Waals surface area (Å²) in [4.78, 5) is 0. The van der Waals surface area contributed by atoms with Crippen LogP contribution in [-0.4, -0.2) is 51.9 Å². The van der Waals surface area contributed by atoms with Gasteiger partial charge in [0.15, 0.2) is 5.76 Å². The third-order valence-corrected chi connectivity index (χ3v) is 4.36. The van der Waals surface area contributed by atoms with Crippen LogP contribution in [0.3, 0.4) is 0 Å². The fourth-order valence-electron chi connectivity index (χ4n) is 1.77. The molecule has 0 radical (unpaired) electrons. The van der Waals surface area contributed by atoms with E-state index in [4.69, 9.17) is 9.52 Å². The topological polar surface area (TPSA) is 118 Å². The normalized spacial score (nSPS) is 13.6. The van der Waals surface area contributed by atoms with Crippen molar-refractivity contribution in [2.75, 3.05) is 12.4 Å². The van der Waals surface area contributed by atoms with E-state index in [0.29, 0.717) is 18.1 Å². The van der Waals surface area contributed by atoms with Crippen LogP contribution in [0.25, 0.3) is 11.6 Å². The van der Waals surface area contributed by atoms with Crippen molar-refractivity contribution in [1.29, 1.82) is 0 Å². The molecule has 2 N–H and O–H groups in total. The molecule has 0 saturated carbocycles. The molecule has 0 aliphatic heterocycles. The molecule has 2 aromatic heterocycles. The second kappa shape index (κ2) is 5.73. The number of nitrogens with zero attached hydrogens (tertiary/aromatic N) is 3. The maximum absolute atomic E-state index is 12.1. The first kappa shape index (κ1) is 14.7. The van der Waals surface area contributed by atoms with E-state index >= 15 is 0 Å². The van der Waals surface area contributed by atoms with Crippen LogP contribution in [0.4, 0.5) is 0 Å². The highest BCUT2D eigenvalue weighted by atomic mass is 32.2. The van der Waals surface area contributed by atoms with Crippen LogP contribution < -0.4 is 0 Å². The molecule has 0 saturated heterocycles. The minimum atomic E-state index is -3.85. The Kier molecular flexibility index (Phi) is 4.21. The lowest BCUT2D eigenvalue weighted by molar-refractivity contribution is 0.112. The first-order valence-electron chi connectivity index (χ1n) is 5.98. The Morgan fingerprint density at radius 3 is 2.75 bits per heavy atom. The summed E-state index contributed by atoms with van der Waals surface area (Å²) >= 11 is 0. The maximum Gasteiger partial charge on any atom is 0.250 e. The Labute approximate surface area is 115 Å². The van der Waals surface area contributed by atoms with Crippen molar-refractivity contribution < 1.29 is 23.0 Å². The number of furan rings is 1. The zero-order chi connectivity index (χ0) is 14.8. The highest BCUT2D eigenvalue weighted by Gasteiger charge is 2.27. The third kappa shape index (κ3) is 2.74. The average Bonchev–Trinajstić information content (AvgIpc) is 3.06. The van der Waals surface area contributed by atoms with Gasteiger partial charge >= 0.3 is 0 Å². The van der Waals surface area contributed by atoms with Crippen molar-refractivity contribution >= 4 is 9.84 Å². The van der Waals surface area contributed by atoms with Gasteiger partial charge in [0.1, 0.15) is 0 Å². The van der Waals surface area contributed by atoms with Crippen LogP contribution in [0.2, 0.25) is 0 Å². The summed E-state index contributed by atoms with van der Waals surface area (Å²) < 4.78 is 30.8. The number of aromatic nitrogens is 3. The summed E-state index contributed by atoms with van der Waals surface area (Å²) in [7, 11) is -3.85. The molecule has 2 rings (SSSR count). The van der Waals surface area contributed by atoms with Gasteiger partial charge in [0.05, 0.1) is 24.7 Å². The van der Waals surface area contributed by atoms with E-state index in [0.717, 1.165) is 0 Å². The number of aliphatic hydroxyl groups is 2. The first-order chi connectivity index (χ1) is 9.49. The summed E-state index contributed by atoms with van der Waals surface area (Å²) in [6, 6.07) is 3.31. The summed E-state index contributed by atoms with van der Waals surface area (Å²) in [5.41, 5.74) is 0. The number of hydrogen-bond acceptors (Lipinski definition) is 7. The Balaban J connectivity index is 2.43. The number of aliphatic hydroxyl groups excluding tert-OH is 2. The van der Waals surface area contributed by atoms with Crippen LogP contribution in [0, 0.1) is 0 Å². The van der Waals surface area contributed by atoms with E-state index in [1.807, 2.05) is 0 Å². The highest BCUT2D eigenvalue weighted by molar-refractivity contribution is 7.91. The summed E-state index contributed by atoms with van der Waals surface area (Å²) in [5, 5.41) is 25.3. The average molecular weight is 301 g/mol. The summed E-state index contributed by atoms with van der Waals surface area (Å²) in [6.45, 7) is 1.44. The van der Waals surface area contributed by atoms with Gasteiger partial charge in [-0.15, -0.1) is 10.2 Å². The predicted molar refractivity (Wildman–Crippen MR) is 68.5 cm³/mol. The van der Waals surface area contributed by atoms with Crippen LogP contribution in [0.15, 0.2) is 28.0 Å². The molecule has 0 aromatic carbocycles. The SMILES string of the molecule is CCn1c(-c2ccco2)nnc1S(=O)(=O)CC(O)CO. The van der Waals surface area contributed by atoms with E-state index in [9.17, 15) is 13.5 Å². The van der Waals surface area contributed by atoms with E-state index in [1.165, 1.54) is 10.8 Å². The summed E-state index contributed by atoms with van der Waals surface area (Å²) in [5.74, 6) is 0.0952. The third-order valence-electron chi connectivity index (χ3n) is 2.68. The van der Waals surface area contributed by atoms with E-state index in [1.54, 1.807) is 19.1 Å². The zero-order valence-corrected chi connectivity index (χ0v) is 11.6. The minimum absolute atomic E-state index is 0.251. The smallest absolute Gasteiger partial charge is 0.250 e. The Morgan fingerprint density at radius 1 is 1.45 bits per heavy atom. The molecule has 0 amide bonds. The molecule has 9 heteroatoms. The van der Waals surface area contributed by atoms with Crippen molar-refractivity contribution in [1.82, 2.24) is 14.8 Å². The Morgan fingerprint density at radius 2 is 2.20 bits per heavy atom. The van der Waals surface area contributed by atoms with Crippen molar-refractivity contribution in [3.05, 3.63) is 18.4 Å². The van der Waals surface area contributed by atoms with Crippen LogP contribution >= 0.6 is 0 Å². The lowest BCUT2D eigenvalue weighted by Crippen LogP contribution is -2.26. The molecule has 8 nitrogen and oxygen atoms in total. The molecule has 1 unspecified atom stereocenters. The molecule has 2 heterocycles. The lowest BCUT2D eigenvalue weighted by atomic mass is 10.4. The molecule has 0 bridgehead atoms. The molecule has 110 valence electrons. The van der Waals surface area contributed by atoms with Crippen molar-refractivity contribution in [3.8, 4) is 11.6 Å². The number of hydrogen-bond donors (Lipinski definition) is 2. The van der Waals surface area contributed by atoms with E-state index < -0.39 is 28.3 Å². The van der Waals surface area contributed by atoms with Gasteiger partial charge in [-0.1, -0.05) is 0 Å². The quantitative estimate of drug-likeness (QED) is 0.750. The van der Waals surface area contributed by atoms with Gasteiger partial charge in [0.25, 0.3) is 0 Å². The second-order valence-electron chi connectivity index (χ2n) is 4.15. The standard InChI is InChI=1S/C11H15N3O5S/c1-2-14-10(9-4-3-5-19-9)12-13-11(14)20(17,18)7-8(16)6-15/h3-5,8,15-16H,2,6-7H2,1H3. The largest absolute Gasteiger partial charge is 0.461 e. The summed E-state index contributed by atoms with van der Waals surface area (Å²) in [6.07, 6.45) is 0.0994. The molecule has 0 aliphatic carbocycles. The van der Waals surface area contributed by atoms with Gasteiger partial charge in [-0.2, -0.15) is 0 Å². The Hall–Kier alpha value is -1.71. The molecule has 1 atom stereocenters. The molecule has 2 aromatic rings. The molecule has 0 spiro atoms. The van der Waals surface area contributed by atoms with Gasteiger partial charge < -0.3 is 14.6 Å². The van der Waals surface area contributed by atoms with Crippen molar-refractivity contribution in [2.45, 2.75) is 24.7 Å². The highest BCUT2D eigenvalue weighted by Crippen LogP contribution is 2.21. The van der Waals surface area contributed by atoms with Crippen LogP contribution in [0.5, 0.6) is 0 Å². The number of rotatable bonds is 6.